The number of nitrogens with zero attached hydrogens (tertiary/aromatic N) is 1. The van der Waals surface area contributed by atoms with Gasteiger partial charge in [-0.1, -0.05) is 84.9 Å². The van der Waals surface area contributed by atoms with Crippen LogP contribution in [-0.2, 0) is 5.41 Å². The highest BCUT2D eigenvalue weighted by molar-refractivity contribution is 5.63. The second-order valence-electron chi connectivity index (χ2n) is 8.68. The lowest BCUT2D eigenvalue weighted by atomic mass is 9.87. The van der Waals surface area contributed by atoms with Gasteiger partial charge in [0.25, 0.3) is 0 Å². The molecule has 0 N–H and O–H groups in total. The maximum Gasteiger partial charge on any atom is 0.00809 e. The lowest BCUT2D eigenvalue weighted by molar-refractivity contribution is 0.195. The fraction of sp³-hybridized carbons (Fsp3) is 0.333. The smallest absolute Gasteiger partial charge is 0.00809 e. The van der Waals surface area contributed by atoms with Crippen LogP contribution in [0.25, 0.3) is 11.1 Å². The highest BCUT2D eigenvalue weighted by atomic mass is 15.1. The van der Waals surface area contributed by atoms with E-state index in [1.165, 1.54) is 62.0 Å². The molecule has 3 aromatic carbocycles. The lowest BCUT2D eigenvalue weighted by Gasteiger charge is -2.35. The number of hydrogen-bond donors (Lipinski definition) is 0. The zero-order chi connectivity index (χ0) is 18.8. The van der Waals surface area contributed by atoms with Crippen molar-refractivity contribution in [3.63, 3.8) is 0 Å². The van der Waals surface area contributed by atoms with Crippen LogP contribution in [0.1, 0.15) is 42.7 Å². The van der Waals surface area contributed by atoms with Gasteiger partial charge < -0.3 is 4.90 Å². The quantitative estimate of drug-likeness (QED) is 0.514. The molecule has 1 saturated heterocycles. The van der Waals surface area contributed by atoms with E-state index >= 15 is 0 Å². The van der Waals surface area contributed by atoms with E-state index in [4.69, 9.17) is 0 Å². The molecule has 0 radical (unpaired) electrons. The predicted octanol–water partition coefficient (Wildman–Crippen LogP) is 6.26. The Labute approximate surface area is 169 Å². The Bertz CT molecular complexity index is 886. The maximum atomic E-state index is 2.72. The molecule has 0 atom stereocenters. The van der Waals surface area contributed by atoms with Crippen LogP contribution in [0.15, 0.2) is 84.9 Å². The fourth-order valence-corrected chi connectivity index (χ4v) is 4.91. The molecule has 1 heterocycles. The molecule has 0 spiro atoms. The molecule has 0 amide bonds. The molecule has 1 nitrogen and oxygen atoms in total. The van der Waals surface area contributed by atoms with Gasteiger partial charge in [0.05, 0.1) is 0 Å². The molecule has 1 aliphatic carbocycles. The summed E-state index contributed by atoms with van der Waals surface area (Å²) in [6.07, 6.45) is 5.29. The van der Waals surface area contributed by atoms with Crippen molar-refractivity contribution in [2.45, 2.75) is 37.0 Å². The average molecular weight is 368 g/mol. The van der Waals surface area contributed by atoms with Crippen LogP contribution in [0, 0.1) is 0 Å². The Morgan fingerprint density at radius 1 is 0.679 bits per heavy atom. The molecule has 0 unspecified atom stereocenters. The lowest BCUT2D eigenvalue weighted by Crippen LogP contribution is -2.38. The Morgan fingerprint density at radius 2 is 1.25 bits per heavy atom. The van der Waals surface area contributed by atoms with E-state index in [1.54, 1.807) is 5.56 Å². The SMILES string of the molecule is c1ccc(-c2ccc(C3CCN(CC4(c5ccccc5)CC4)CC3)cc2)cc1. The Morgan fingerprint density at radius 3 is 1.86 bits per heavy atom. The van der Waals surface area contributed by atoms with Gasteiger partial charge in [-0.15, -0.1) is 0 Å². The van der Waals surface area contributed by atoms with Crippen LogP contribution in [0.3, 0.4) is 0 Å². The number of hydrogen-bond acceptors (Lipinski definition) is 1. The van der Waals surface area contributed by atoms with E-state index in [0.717, 1.165) is 0 Å². The summed E-state index contributed by atoms with van der Waals surface area (Å²) in [7, 11) is 0. The zero-order valence-corrected chi connectivity index (χ0v) is 16.6. The van der Waals surface area contributed by atoms with Gasteiger partial charge in [-0.3, -0.25) is 0 Å². The van der Waals surface area contributed by atoms with Gasteiger partial charge >= 0.3 is 0 Å². The first-order chi connectivity index (χ1) is 13.8. The molecule has 0 bridgehead atoms. The summed E-state index contributed by atoms with van der Waals surface area (Å²) in [6, 6.07) is 31.2. The van der Waals surface area contributed by atoms with E-state index in [2.05, 4.69) is 89.8 Å². The minimum atomic E-state index is 0.450. The van der Waals surface area contributed by atoms with Crippen molar-refractivity contribution >= 4 is 0 Å². The van der Waals surface area contributed by atoms with Gasteiger partial charge in [0.2, 0.25) is 0 Å². The van der Waals surface area contributed by atoms with Crippen molar-refractivity contribution < 1.29 is 0 Å². The zero-order valence-electron chi connectivity index (χ0n) is 16.6. The van der Waals surface area contributed by atoms with Gasteiger partial charge in [0.1, 0.15) is 0 Å². The maximum absolute atomic E-state index is 2.72. The van der Waals surface area contributed by atoms with Crippen LogP contribution >= 0.6 is 0 Å². The fourth-order valence-electron chi connectivity index (χ4n) is 4.91. The van der Waals surface area contributed by atoms with Crippen molar-refractivity contribution in [1.29, 1.82) is 0 Å². The molecule has 0 aromatic heterocycles. The van der Waals surface area contributed by atoms with Gasteiger partial charge in [-0.05, 0) is 66.9 Å². The molecule has 5 rings (SSSR count). The minimum absolute atomic E-state index is 0.450. The molecule has 2 fully saturated rings. The summed E-state index contributed by atoms with van der Waals surface area (Å²) in [6.45, 7) is 3.72. The normalized spacial score (nSPS) is 19.4. The molecule has 142 valence electrons. The first kappa shape index (κ1) is 17.7. The van der Waals surface area contributed by atoms with E-state index in [0.29, 0.717) is 11.3 Å². The van der Waals surface area contributed by atoms with E-state index < -0.39 is 0 Å². The predicted molar refractivity (Wildman–Crippen MR) is 118 cm³/mol. The van der Waals surface area contributed by atoms with Gasteiger partial charge in [0.15, 0.2) is 0 Å². The monoisotopic (exact) mass is 367 g/mol. The third kappa shape index (κ3) is 3.64. The summed E-state index contributed by atoms with van der Waals surface area (Å²) in [5, 5.41) is 0. The molecule has 2 aliphatic rings. The van der Waals surface area contributed by atoms with Crippen LogP contribution < -0.4 is 0 Å². The van der Waals surface area contributed by atoms with Crippen LogP contribution in [0.4, 0.5) is 0 Å². The van der Waals surface area contributed by atoms with Crippen molar-refractivity contribution in [3.8, 4) is 11.1 Å². The van der Waals surface area contributed by atoms with Crippen molar-refractivity contribution in [1.82, 2.24) is 4.90 Å². The Hall–Kier alpha value is -2.38. The van der Waals surface area contributed by atoms with Gasteiger partial charge in [-0.2, -0.15) is 0 Å². The molecule has 1 heteroatoms. The number of likely N-dealkylation sites (tertiary alicyclic amines) is 1. The first-order valence-electron chi connectivity index (χ1n) is 10.8. The van der Waals surface area contributed by atoms with E-state index in [1.807, 2.05) is 0 Å². The van der Waals surface area contributed by atoms with Crippen LogP contribution in [0.5, 0.6) is 0 Å². The second kappa shape index (κ2) is 7.56. The van der Waals surface area contributed by atoms with Crippen LogP contribution in [0.2, 0.25) is 0 Å². The molecular formula is C27H29N. The highest BCUT2D eigenvalue weighted by Gasteiger charge is 2.45. The number of piperidine rings is 1. The van der Waals surface area contributed by atoms with Crippen molar-refractivity contribution in [2.24, 2.45) is 0 Å². The second-order valence-corrected chi connectivity index (χ2v) is 8.68. The Kier molecular flexibility index (Phi) is 4.78. The van der Waals surface area contributed by atoms with Crippen molar-refractivity contribution in [3.05, 3.63) is 96.1 Å². The summed E-state index contributed by atoms with van der Waals surface area (Å²) in [4.78, 5) is 2.72. The number of rotatable bonds is 5. The van der Waals surface area contributed by atoms with E-state index in [-0.39, 0.29) is 0 Å². The largest absolute Gasteiger partial charge is 0.302 e. The Balaban J connectivity index is 1.20. The van der Waals surface area contributed by atoms with E-state index in [9.17, 15) is 0 Å². The molecule has 3 aromatic rings. The molecule has 1 aliphatic heterocycles. The van der Waals surface area contributed by atoms with Crippen molar-refractivity contribution in [2.75, 3.05) is 19.6 Å². The number of benzene rings is 3. The van der Waals surface area contributed by atoms with Gasteiger partial charge in [-0.25, -0.2) is 0 Å². The third-order valence-corrected chi connectivity index (χ3v) is 6.84. The summed E-state index contributed by atoms with van der Waals surface area (Å²) in [5.74, 6) is 0.716. The summed E-state index contributed by atoms with van der Waals surface area (Å²) < 4.78 is 0. The minimum Gasteiger partial charge on any atom is -0.302 e. The topological polar surface area (TPSA) is 3.24 Å². The summed E-state index contributed by atoms with van der Waals surface area (Å²) >= 11 is 0. The molecule has 1 saturated carbocycles. The average Bonchev–Trinajstić information content (AvgIpc) is 3.56. The third-order valence-electron chi connectivity index (χ3n) is 6.84. The first-order valence-corrected chi connectivity index (χ1v) is 10.8. The highest BCUT2D eigenvalue weighted by Crippen LogP contribution is 2.49. The van der Waals surface area contributed by atoms with Gasteiger partial charge in [0, 0.05) is 12.0 Å². The molecule has 28 heavy (non-hydrogen) atoms. The standard InChI is InChI=1S/C27H29N/c1-3-7-22(8-4-1)23-11-13-24(14-12-23)25-15-19-28(20-16-25)21-27(17-18-27)26-9-5-2-6-10-26/h1-14,25H,15-21H2. The molecular weight excluding hydrogens is 338 g/mol. The summed E-state index contributed by atoms with van der Waals surface area (Å²) in [5.41, 5.74) is 6.14. The van der Waals surface area contributed by atoms with Crippen LogP contribution in [-0.4, -0.2) is 24.5 Å².